The molecule has 2 aromatic heterocycles. The molecule has 0 saturated heterocycles. The third kappa shape index (κ3) is 2.61. The summed E-state index contributed by atoms with van der Waals surface area (Å²) in [5.74, 6) is 2.01. The average Bonchev–Trinajstić information content (AvgIpc) is 3.42. The Morgan fingerprint density at radius 3 is 2.96 bits per heavy atom. The monoisotopic (exact) mass is 355 g/mol. The number of amides is 1. The van der Waals surface area contributed by atoms with Crippen LogP contribution in [0.2, 0.25) is 0 Å². The zero-order chi connectivity index (χ0) is 16.8. The molecule has 1 N–H and O–H groups in total. The van der Waals surface area contributed by atoms with Crippen LogP contribution in [0.4, 0.5) is 0 Å². The number of carbonyl (C=O) groups excluding carboxylic acids is 1. The number of fused-ring (bicyclic) bond motifs is 3. The number of hydrogen-bond acceptors (Lipinski definition) is 5. The first kappa shape index (κ1) is 15.3. The lowest BCUT2D eigenvalue weighted by atomic mass is 9.93. The number of carbonyl (C=O) groups is 1. The molecule has 1 amide bonds. The Bertz CT molecular complexity index is 825. The molecule has 3 aliphatic carbocycles. The van der Waals surface area contributed by atoms with E-state index >= 15 is 0 Å². The molecule has 25 heavy (non-hydrogen) atoms. The average molecular weight is 355 g/mol. The van der Waals surface area contributed by atoms with Gasteiger partial charge in [0.2, 0.25) is 0 Å². The van der Waals surface area contributed by atoms with E-state index in [0.29, 0.717) is 11.8 Å². The third-order valence-electron chi connectivity index (χ3n) is 5.88. The molecule has 0 aliphatic heterocycles. The van der Waals surface area contributed by atoms with Crippen LogP contribution in [-0.2, 0) is 12.8 Å². The van der Waals surface area contributed by atoms with Crippen molar-refractivity contribution >= 4 is 17.2 Å². The van der Waals surface area contributed by atoms with Gasteiger partial charge in [0.25, 0.3) is 5.91 Å². The molecule has 1 fully saturated rings. The van der Waals surface area contributed by atoms with Crippen molar-refractivity contribution in [3.05, 3.63) is 34.5 Å². The van der Waals surface area contributed by atoms with Gasteiger partial charge in [0, 0.05) is 11.4 Å². The van der Waals surface area contributed by atoms with E-state index in [9.17, 15) is 4.79 Å². The van der Waals surface area contributed by atoms with E-state index in [2.05, 4.69) is 33.0 Å². The van der Waals surface area contributed by atoms with Gasteiger partial charge in [-0.1, -0.05) is 12.2 Å². The fraction of sp³-hybridized carbons (Fsp3) is 0.556. The van der Waals surface area contributed by atoms with Crippen LogP contribution in [0.25, 0.3) is 5.00 Å². The molecule has 2 heterocycles. The normalized spacial score (nSPS) is 26.8. The van der Waals surface area contributed by atoms with Crippen LogP contribution in [-0.4, -0.2) is 32.7 Å². The SMILES string of the molecule is O=C(NC[C@H]1C[C@@H]2C=C[C@H]1C2)c1c(-n2cnnn2)sc2c1CCCC2. The quantitative estimate of drug-likeness (QED) is 0.856. The Morgan fingerprint density at radius 1 is 1.28 bits per heavy atom. The van der Waals surface area contributed by atoms with Crippen LogP contribution in [0.3, 0.4) is 0 Å². The lowest BCUT2D eigenvalue weighted by molar-refractivity contribution is 0.0944. The fourth-order valence-electron chi connectivity index (χ4n) is 4.64. The van der Waals surface area contributed by atoms with Gasteiger partial charge < -0.3 is 5.32 Å². The summed E-state index contributed by atoms with van der Waals surface area (Å²) in [6.45, 7) is 0.768. The Balaban J connectivity index is 1.41. The second kappa shape index (κ2) is 6.05. The van der Waals surface area contributed by atoms with E-state index in [1.807, 2.05) is 0 Å². The smallest absolute Gasteiger partial charge is 0.254 e. The van der Waals surface area contributed by atoms with E-state index < -0.39 is 0 Å². The summed E-state index contributed by atoms with van der Waals surface area (Å²) < 4.78 is 1.64. The third-order valence-corrected chi connectivity index (χ3v) is 7.16. The van der Waals surface area contributed by atoms with Gasteiger partial charge in [0.15, 0.2) is 0 Å². The van der Waals surface area contributed by atoms with Crippen molar-refractivity contribution in [2.45, 2.75) is 38.5 Å². The summed E-state index contributed by atoms with van der Waals surface area (Å²) in [5, 5.41) is 15.6. The molecule has 0 spiro atoms. The Kier molecular flexibility index (Phi) is 3.69. The van der Waals surface area contributed by atoms with Crippen LogP contribution in [0.5, 0.6) is 0 Å². The molecule has 2 bridgehead atoms. The number of nitrogens with zero attached hydrogens (tertiary/aromatic N) is 4. The van der Waals surface area contributed by atoms with Crippen molar-refractivity contribution in [1.82, 2.24) is 25.5 Å². The van der Waals surface area contributed by atoms with Gasteiger partial charge in [-0.3, -0.25) is 4.79 Å². The van der Waals surface area contributed by atoms with Crippen molar-refractivity contribution in [2.24, 2.45) is 17.8 Å². The number of hydrogen-bond donors (Lipinski definition) is 1. The molecule has 3 atom stereocenters. The maximum atomic E-state index is 13.1. The molecular formula is C18H21N5OS. The molecule has 6 nitrogen and oxygen atoms in total. The van der Waals surface area contributed by atoms with Crippen molar-refractivity contribution in [1.29, 1.82) is 0 Å². The summed E-state index contributed by atoms with van der Waals surface area (Å²) in [7, 11) is 0. The summed E-state index contributed by atoms with van der Waals surface area (Å²) in [6, 6.07) is 0. The summed E-state index contributed by atoms with van der Waals surface area (Å²) in [4.78, 5) is 14.4. The minimum atomic E-state index is 0.0386. The number of aromatic nitrogens is 4. The molecule has 2 aromatic rings. The number of rotatable bonds is 4. The molecule has 1 saturated carbocycles. The molecule has 5 rings (SSSR count). The summed E-state index contributed by atoms with van der Waals surface area (Å²) >= 11 is 1.67. The molecule has 0 aromatic carbocycles. The summed E-state index contributed by atoms with van der Waals surface area (Å²) in [5.41, 5.74) is 2.01. The van der Waals surface area contributed by atoms with Crippen molar-refractivity contribution in [3.8, 4) is 5.00 Å². The number of allylic oxidation sites excluding steroid dienone is 2. The predicted octanol–water partition coefficient (Wildman–Crippen LogP) is 2.54. The number of thiophene rings is 1. The maximum absolute atomic E-state index is 13.1. The standard InChI is InChI=1S/C18H21N5OS/c24-17(19-9-13-8-11-5-6-12(13)7-11)16-14-3-1-2-4-15(14)25-18(16)23-10-20-21-22-23/h5-6,10-13H,1-4,7-9H2,(H,19,24)/t11-,12+,13-/m1/s1. The van der Waals surface area contributed by atoms with Crippen LogP contribution in [0.1, 0.15) is 46.5 Å². The van der Waals surface area contributed by atoms with Gasteiger partial charge in [-0.05, 0) is 72.3 Å². The van der Waals surface area contributed by atoms with Crippen molar-refractivity contribution in [2.75, 3.05) is 6.54 Å². The second-order valence-corrected chi connectivity index (χ2v) is 8.48. The first-order valence-corrected chi connectivity index (χ1v) is 9.95. The number of nitrogens with one attached hydrogen (secondary N) is 1. The van der Waals surface area contributed by atoms with E-state index in [1.165, 1.54) is 29.7 Å². The largest absolute Gasteiger partial charge is 0.352 e. The van der Waals surface area contributed by atoms with Gasteiger partial charge >= 0.3 is 0 Å². The van der Waals surface area contributed by atoms with Crippen LogP contribution >= 0.6 is 11.3 Å². The van der Waals surface area contributed by atoms with E-state index in [4.69, 9.17) is 0 Å². The molecule has 0 radical (unpaired) electrons. The molecule has 3 aliphatic rings. The Hall–Kier alpha value is -2.02. The number of tetrazole rings is 1. The highest BCUT2D eigenvalue weighted by Gasteiger charge is 2.36. The van der Waals surface area contributed by atoms with E-state index in [1.54, 1.807) is 22.3 Å². The lowest BCUT2D eigenvalue weighted by Crippen LogP contribution is -2.32. The van der Waals surface area contributed by atoms with Gasteiger partial charge in [0.05, 0.1) is 5.56 Å². The minimum Gasteiger partial charge on any atom is -0.352 e. The van der Waals surface area contributed by atoms with E-state index in [0.717, 1.165) is 42.3 Å². The summed E-state index contributed by atoms with van der Waals surface area (Å²) in [6.07, 6.45) is 13.1. The Labute approximate surface area is 150 Å². The zero-order valence-corrected chi connectivity index (χ0v) is 14.8. The van der Waals surface area contributed by atoms with Gasteiger partial charge in [-0.15, -0.1) is 16.4 Å². The lowest BCUT2D eigenvalue weighted by Gasteiger charge is -2.19. The highest BCUT2D eigenvalue weighted by molar-refractivity contribution is 7.15. The molecule has 7 heteroatoms. The topological polar surface area (TPSA) is 72.7 Å². The molecular weight excluding hydrogens is 334 g/mol. The van der Waals surface area contributed by atoms with Gasteiger partial charge in [-0.2, -0.15) is 4.68 Å². The minimum absolute atomic E-state index is 0.0386. The van der Waals surface area contributed by atoms with Gasteiger partial charge in [0.1, 0.15) is 11.3 Å². The van der Waals surface area contributed by atoms with E-state index in [-0.39, 0.29) is 5.91 Å². The maximum Gasteiger partial charge on any atom is 0.254 e. The first-order valence-electron chi connectivity index (χ1n) is 9.14. The first-order chi connectivity index (χ1) is 12.3. The number of aryl methyl sites for hydroxylation is 1. The zero-order valence-electron chi connectivity index (χ0n) is 14.0. The highest BCUT2D eigenvalue weighted by atomic mass is 32.1. The predicted molar refractivity (Wildman–Crippen MR) is 94.9 cm³/mol. The van der Waals surface area contributed by atoms with Crippen molar-refractivity contribution < 1.29 is 4.79 Å². The fourth-order valence-corrected chi connectivity index (χ4v) is 5.95. The molecule has 130 valence electrons. The van der Waals surface area contributed by atoms with Gasteiger partial charge in [-0.25, -0.2) is 0 Å². The van der Waals surface area contributed by atoms with Crippen LogP contribution < -0.4 is 5.32 Å². The molecule has 0 unspecified atom stereocenters. The second-order valence-electron chi connectivity index (χ2n) is 7.40. The Morgan fingerprint density at radius 2 is 2.20 bits per heavy atom. The van der Waals surface area contributed by atoms with Crippen LogP contribution in [0.15, 0.2) is 18.5 Å². The van der Waals surface area contributed by atoms with Crippen molar-refractivity contribution in [3.63, 3.8) is 0 Å². The van der Waals surface area contributed by atoms with Crippen LogP contribution in [0, 0.1) is 17.8 Å². The highest BCUT2D eigenvalue weighted by Crippen LogP contribution is 2.43.